The van der Waals surface area contributed by atoms with E-state index >= 15 is 18.0 Å². The lowest BCUT2D eigenvalue weighted by atomic mass is 9.47. The van der Waals surface area contributed by atoms with Gasteiger partial charge in [-0.15, -0.1) is 0 Å². The Morgan fingerprint density at radius 1 is 0.956 bits per heavy atom. The van der Waals surface area contributed by atoms with Crippen molar-refractivity contribution in [2.75, 3.05) is 66.0 Å². The van der Waals surface area contributed by atoms with Gasteiger partial charge in [-0.3, -0.25) is 14.5 Å². The van der Waals surface area contributed by atoms with E-state index in [0.717, 1.165) is 18.6 Å². The fraction of sp³-hybridized carbons (Fsp3) is 0.519. The summed E-state index contributed by atoms with van der Waals surface area (Å²) in [5.74, 6) is -7.95. The van der Waals surface area contributed by atoms with Crippen LogP contribution in [0.3, 0.4) is 0 Å². The highest BCUT2D eigenvalue weighted by Gasteiger charge is 2.80. The standard InChI is InChI=1S/C52H58F4N4O8/c1-8-49-15-9-17-60-19-16-50(43(49)60)36-23-37(41(65-5)24-40(36)58(4)44(50)52(64,47(63)67-7)45(49)68-28(2)61)51(46(62)66-6)25-29-20-31(48(3,55)56)27-59(26-29)18-14-34-35-21-30(10-13-39(35)57-42(34)51)33-12-11-32(53)22-38(33)54/h9-13,15,21-24,29,31,43-45,57,64H,8,14,16-20,25-27H2,1-7H3/t29?,31?,43?,44?,45-,49-,50?,51-,52+/m0/s1. The van der Waals surface area contributed by atoms with Crippen molar-refractivity contribution in [3.63, 3.8) is 0 Å². The third-order valence-electron chi connectivity index (χ3n) is 16.9. The van der Waals surface area contributed by atoms with Gasteiger partial charge in [-0.1, -0.05) is 25.1 Å². The van der Waals surface area contributed by atoms with Crippen LogP contribution in [-0.2, 0) is 45.8 Å². The first-order valence-electron chi connectivity index (χ1n) is 23.5. The van der Waals surface area contributed by atoms with Gasteiger partial charge < -0.3 is 38.8 Å². The minimum absolute atomic E-state index is 0.0290. The quantitative estimate of drug-likeness (QED) is 0.0814. The molecule has 10 rings (SSSR count). The third-order valence-corrected chi connectivity index (χ3v) is 16.9. The van der Waals surface area contributed by atoms with Gasteiger partial charge in [0.1, 0.15) is 22.8 Å². The molecule has 6 aliphatic rings. The van der Waals surface area contributed by atoms with E-state index in [9.17, 15) is 19.1 Å². The van der Waals surface area contributed by atoms with Crippen LogP contribution in [0.1, 0.15) is 68.8 Å². The molecule has 2 N–H and O–H groups in total. The molecule has 4 aromatic rings. The number of piperidine rings is 1. The van der Waals surface area contributed by atoms with E-state index in [1.807, 2.05) is 47.1 Å². The highest BCUT2D eigenvalue weighted by Crippen LogP contribution is 2.68. The molecule has 1 spiro atoms. The molecule has 10 atom stereocenters. The predicted molar refractivity (Wildman–Crippen MR) is 245 cm³/mol. The van der Waals surface area contributed by atoms with Crippen molar-refractivity contribution in [1.29, 1.82) is 0 Å². The van der Waals surface area contributed by atoms with Crippen molar-refractivity contribution in [1.82, 2.24) is 14.8 Å². The number of hydrogen-bond acceptors (Lipinski definition) is 11. The summed E-state index contributed by atoms with van der Waals surface area (Å²) in [7, 11) is 5.78. The predicted octanol–water partition coefficient (Wildman–Crippen LogP) is 7.07. The summed E-state index contributed by atoms with van der Waals surface area (Å²) >= 11 is 0. The van der Waals surface area contributed by atoms with Crippen LogP contribution < -0.4 is 9.64 Å². The fourth-order valence-corrected chi connectivity index (χ4v) is 14.4. The molecule has 0 amide bonds. The molecule has 6 heterocycles. The summed E-state index contributed by atoms with van der Waals surface area (Å²) < 4.78 is 84.5. The van der Waals surface area contributed by atoms with Crippen molar-refractivity contribution in [2.24, 2.45) is 17.3 Å². The van der Waals surface area contributed by atoms with E-state index in [4.69, 9.17) is 18.9 Å². The topological polar surface area (TPSA) is 134 Å². The third kappa shape index (κ3) is 6.30. The number of nitrogens with one attached hydrogen (secondary N) is 1. The van der Waals surface area contributed by atoms with Crippen LogP contribution in [0.15, 0.2) is 60.7 Å². The van der Waals surface area contributed by atoms with Crippen molar-refractivity contribution >= 4 is 34.5 Å². The summed E-state index contributed by atoms with van der Waals surface area (Å²) in [6.07, 6.45) is 3.90. The molecule has 3 fully saturated rings. The van der Waals surface area contributed by atoms with E-state index in [1.165, 1.54) is 40.4 Å². The van der Waals surface area contributed by atoms with E-state index in [1.54, 1.807) is 19.2 Å². The average molecular weight is 943 g/mol. The molecule has 68 heavy (non-hydrogen) atoms. The Kier molecular flexibility index (Phi) is 10.9. The number of hydrogen-bond donors (Lipinski definition) is 2. The molecule has 2 bridgehead atoms. The Balaban J connectivity index is 1.27. The number of fused-ring (bicyclic) bond motifs is 6. The van der Waals surface area contributed by atoms with Crippen LogP contribution in [0.25, 0.3) is 22.0 Å². The number of alkyl halides is 2. The van der Waals surface area contributed by atoms with Gasteiger partial charge in [-0.25, -0.2) is 22.4 Å². The van der Waals surface area contributed by atoms with Crippen LogP contribution in [0.5, 0.6) is 5.75 Å². The Morgan fingerprint density at radius 3 is 2.40 bits per heavy atom. The fourth-order valence-electron chi connectivity index (χ4n) is 14.4. The van der Waals surface area contributed by atoms with E-state index in [0.29, 0.717) is 84.4 Å². The minimum atomic E-state index is -3.02. The van der Waals surface area contributed by atoms with Crippen LogP contribution in [0.4, 0.5) is 23.2 Å². The highest BCUT2D eigenvalue weighted by molar-refractivity contribution is 5.96. The number of aliphatic hydroxyl groups is 1. The molecule has 1 aliphatic carbocycles. The molecular weight excluding hydrogens is 885 g/mol. The van der Waals surface area contributed by atoms with Crippen LogP contribution >= 0.6 is 0 Å². The van der Waals surface area contributed by atoms with Crippen molar-refractivity contribution < 1.29 is 56.0 Å². The van der Waals surface area contributed by atoms with Crippen LogP contribution in [-0.4, -0.2) is 129 Å². The first kappa shape index (κ1) is 46.3. The van der Waals surface area contributed by atoms with E-state index < -0.39 is 87.3 Å². The van der Waals surface area contributed by atoms with E-state index in [-0.39, 0.29) is 30.7 Å². The van der Waals surface area contributed by atoms with Gasteiger partial charge in [-0.2, -0.15) is 0 Å². The number of halogens is 4. The summed E-state index contributed by atoms with van der Waals surface area (Å²) in [6.45, 7) is 6.22. The monoisotopic (exact) mass is 942 g/mol. The van der Waals surface area contributed by atoms with E-state index in [2.05, 4.69) is 9.88 Å². The number of benzene rings is 3. The van der Waals surface area contributed by atoms with Gasteiger partial charge >= 0.3 is 17.9 Å². The summed E-state index contributed by atoms with van der Waals surface area (Å²) in [5, 5.41) is 14.1. The second-order valence-corrected chi connectivity index (χ2v) is 20.2. The van der Waals surface area contributed by atoms with Gasteiger partial charge in [0, 0.05) is 108 Å². The molecule has 16 heteroatoms. The Labute approximate surface area is 392 Å². The second-order valence-electron chi connectivity index (χ2n) is 20.2. The molecule has 1 saturated carbocycles. The van der Waals surface area contributed by atoms with Gasteiger partial charge in [-0.05, 0) is 98.5 Å². The largest absolute Gasteiger partial charge is 0.496 e. The maximum Gasteiger partial charge on any atom is 0.344 e. The smallest absolute Gasteiger partial charge is 0.344 e. The first-order valence-corrected chi connectivity index (χ1v) is 23.5. The lowest BCUT2D eigenvalue weighted by Gasteiger charge is -2.63. The maximum atomic E-state index is 15.6. The molecular formula is C52H58F4N4O8. The number of carbonyl (C=O) groups excluding carboxylic acids is 3. The first-order chi connectivity index (χ1) is 32.3. The van der Waals surface area contributed by atoms with Crippen molar-refractivity contribution in [3.8, 4) is 16.9 Å². The Bertz CT molecular complexity index is 2780. The number of anilines is 1. The summed E-state index contributed by atoms with van der Waals surface area (Å²) in [6, 6.07) is 11.0. The molecule has 362 valence electrons. The molecule has 3 aromatic carbocycles. The lowest BCUT2D eigenvalue weighted by molar-refractivity contribution is -0.228. The Morgan fingerprint density at radius 2 is 1.72 bits per heavy atom. The summed E-state index contributed by atoms with van der Waals surface area (Å²) in [4.78, 5) is 53.0. The molecule has 6 unspecified atom stereocenters. The second kappa shape index (κ2) is 16.1. The average Bonchev–Trinajstić information content (AvgIpc) is 3.97. The van der Waals surface area contributed by atoms with Gasteiger partial charge in [0.15, 0.2) is 6.10 Å². The Hall–Kier alpha value is -5.45. The number of methoxy groups -OCH3 is 3. The minimum Gasteiger partial charge on any atom is -0.496 e. The molecule has 0 radical (unpaired) electrons. The number of carbonyl (C=O) groups is 3. The molecule has 1 aromatic heterocycles. The maximum absolute atomic E-state index is 15.6. The van der Waals surface area contributed by atoms with Gasteiger partial charge in [0.25, 0.3) is 0 Å². The number of H-pyrrole nitrogens is 1. The SMILES string of the molecule is CC[C@@]12C=CCN3CCC4(c5cc([C@@]6(C(=O)OC)CC7CC(C(C)(F)F)CN(CCc8c6[nH]c6ccc(-c9ccc(F)cc9F)cc86)C7)c(OC)cc5N(C)C4[C@](O)(C(=O)OC)[C@H]1OC(C)=O)C32. The van der Waals surface area contributed by atoms with Gasteiger partial charge in [0.2, 0.25) is 11.5 Å². The zero-order valence-corrected chi connectivity index (χ0v) is 39.4. The summed E-state index contributed by atoms with van der Waals surface area (Å²) in [5.41, 5.74) is -2.11. The number of aromatic amines is 1. The molecule has 2 saturated heterocycles. The van der Waals surface area contributed by atoms with Crippen LogP contribution in [0, 0.1) is 28.9 Å². The van der Waals surface area contributed by atoms with Crippen molar-refractivity contribution in [3.05, 3.63) is 94.7 Å². The van der Waals surface area contributed by atoms with Crippen molar-refractivity contribution in [2.45, 2.75) is 93.4 Å². The zero-order chi connectivity index (χ0) is 48.5. The molecule has 5 aliphatic heterocycles. The number of likely N-dealkylation sites (N-methyl/N-ethyl adjacent to an activating group) is 1. The normalized spacial score (nSPS) is 32.8. The highest BCUT2D eigenvalue weighted by atomic mass is 19.3. The number of nitrogens with zero attached hydrogens (tertiary/aromatic N) is 3. The lowest BCUT2D eigenvalue weighted by Crippen LogP contribution is -2.81. The number of aromatic nitrogens is 1. The zero-order valence-electron chi connectivity index (χ0n) is 39.4. The number of esters is 3. The van der Waals surface area contributed by atoms with Gasteiger partial charge in [0.05, 0.1) is 27.4 Å². The number of rotatable bonds is 8. The van der Waals surface area contributed by atoms with Crippen LogP contribution in [0.2, 0.25) is 0 Å². The molecule has 12 nitrogen and oxygen atoms in total. The number of ether oxygens (including phenoxy) is 4.